The van der Waals surface area contributed by atoms with Gasteiger partial charge in [0.05, 0.1) is 6.61 Å². The molecule has 0 saturated carbocycles. The molecule has 6 nitrogen and oxygen atoms in total. The Morgan fingerprint density at radius 2 is 1.88 bits per heavy atom. The smallest absolute Gasteiger partial charge is 0.281 e. The molecule has 0 aliphatic carbocycles. The van der Waals surface area contributed by atoms with Gasteiger partial charge in [-0.3, -0.25) is 0 Å². The van der Waals surface area contributed by atoms with Gasteiger partial charge in [0, 0.05) is 26.7 Å². The number of aliphatic hydroxyl groups excluding tert-OH is 1. The van der Waals surface area contributed by atoms with Gasteiger partial charge in [0.1, 0.15) is 0 Å². The predicted molar refractivity (Wildman–Crippen MR) is 64.2 cm³/mol. The maximum Gasteiger partial charge on any atom is 0.281 e. The Balaban J connectivity index is 4.56. The third kappa shape index (κ3) is 4.75. The van der Waals surface area contributed by atoms with E-state index in [-0.39, 0.29) is 13.2 Å². The van der Waals surface area contributed by atoms with Gasteiger partial charge in [-0.15, -0.1) is 0 Å². The third-order valence-corrected chi connectivity index (χ3v) is 4.21. The molecule has 0 aliphatic heterocycles. The van der Waals surface area contributed by atoms with E-state index in [2.05, 4.69) is 0 Å². The number of aliphatic hydroxyl groups is 1. The van der Waals surface area contributed by atoms with Crippen molar-refractivity contribution in [1.82, 2.24) is 8.61 Å². The van der Waals surface area contributed by atoms with E-state index < -0.39 is 10.2 Å². The van der Waals surface area contributed by atoms with Gasteiger partial charge < -0.3 is 10.8 Å². The normalized spacial score (nSPS) is 12.6. The standard InChI is InChI=1S/C9H23N3O3S/c1-3-6-12(8-9-13)16(14,15)11(2)7-4-5-10/h13H,3-10H2,1-2H3. The Kier molecular flexibility index (Phi) is 7.86. The minimum absolute atomic E-state index is 0.142. The first-order valence-electron chi connectivity index (χ1n) is 5.53. The van der Waals surface area contributed by atoms with Crippen LogP contribution in [-0.4, -0.2) is 62.0 Å². The predicted octanol–water partition coefficient (Wildman–Crippen LogP) is -0.784. The molecule has 0 aromatic carbocycles. The summed E-state index contributed by atoms with van der Waals surface area (Å²) < 4.78 is 26.6. The third-order valence-electron chi connectivity index (χ3n) is 2.22. The molecule has 0 aliphatic rings. The van der Waals surface area contributed by atoms with E-state index in [1.165, 1.54) is 15.7 Å². The van der Waals surface area contributed by atoms with Crippen molar-refractivity contribution in [3.05, 3.63) is 0 Å². The van der Waals surface area contributed by atoms with Crippen LogP contribution in [0, 0.1) is 0 Å². The summed E-state index contributed by atoms with van der Waals surface area (Å²) in [7, 11) is -1.91. The van der Waals surface area contributed by atoms with Crippen molar-refractivity contribution in [1.29, 1.82) is 0 Å². The lowest BCUT2D eigenvalue weighted by molar-refractivity contribution is 0.246. The zero-order valence-corrected chi connectivity index (χ0v) is 10.9. The Labute approximate surface area is 98.2 Å². The average molecular weight is 253 g/mol. The van der Waals surface area contributed by atoms with Crippen molar-refractivity contribution in [3.8, 4) is 0 Å². The molecule has 3 N–H and O–H groups in total. The summed E-state index contributed by atoms with van der Waals surface area (Å²) in [5.74, 6) is 0. The van der Waals surface area contributed by atoms with E-state index in [9.17, 15) is 8.42 Å². The second-order valence-electron chi connectivity index (χ2n) is 3.59. The fraction of sp³-hybridized carbons (Fsp3) is 1.00. The van der Waals surface area contributed by atoms with Gasteiger partial charge >= 0.3 is 0 Å². The lowest BCUT2D eigenvalue weighted by atomic mass is 10.4. The highest BCUT2D eigenvalue weighted by Gasteiger charge is 2.25. The molecule has 0 atom stereocenters. The fourth-order valence-electron chi connectivity index (χ4n) is 1.33. The summed E-state index contributed by atoms with van der Waals surface area (Å²) >= 11 is 0. The topological polar surface area (TPSA) is 86.9 Å². The molecule has 98 valence electrons. The highest BCUT2D eigenvalue weighted by molar-refractivity contribution is 7.86. The number of nitrogens with zero attached hydrogens (tertiary/aromatic N) is 2. The first kappa shape index (κ1) is 15.8. The van der Waals surface area contributed by atoms with Crippen molar-refractivity contribution < 1.29 is 13.5 Å². The van der Waals surface area contributed by atoms with Crippen LogP contribution in [0.3, 0.4) is 0 Å². The average Bonchev–Trinajstić information content (AvgIpc) is 2.25. The summed E-state index contributed by atoms with van der Waals surface area (Å²) in [6, 6.07) is 0. The largest absolute Gasteiger partial charge is 0.395 e. The maximum atomic E-state index is 12.0. The molecule has 0 spiro atoms. The van der Waals surface area contributed by atoms with Gasteiger partial charge in [0.15, 0.2) is 0 Å². The molecule has 0 aromatic rings. The van der Waals surface area contributed by atoms with E-state index in [0.717, 1.165) is 6.42 Å². The van der Waals surface area contributed by atoms with E-state index in [4.69, 9.17) is 10.8 Å². The number of hydrogen-bond donors (Lipinski definition) is 2. The Hall–Kier alpha value is -0.210. The lowest BCUT2D eigenvalue weighted by Gasteiger charge is -2.26. The van der Waals surface area contributed by atoms with E-state index >= 15 is 0 Å². The van der Waals surface area contributed by atoms with Gasteiger partial charge in [-0.2, -0.15) is 17.0 Å². The summed E-state index contributed by atoms with van der Waals surface area (Å²) in [6.45, 7) is 3.18. The monoisotopic (exact) mass is 253 g/mol. The van der Waals surface area contributed by atoms with Crippen LogP contribution < -0.4 is 5.73 Å². The molecule has 0 aromatic heterocycles. The van der Waals surface area contributed by atoms with Crippen LogP contribution in [-0.2, 0) is 10.2 Å². The second kappa shape index (κ2) is 7.97. The molecular formula is C9H23N3O3S. The van der Waals surface area contributed by atoms with Gasteiger partial charge in [0.2, 0.25) is 0 Å². The molecule has 0 heterocycles. The Morgan fingerprint density at radius 1 is 1.25 bits per heavy atom. The molecule has 0 bridgehead atoms. The van der Waals surface area contributed by atoms with Crippen molar-refractivity contribution in [2.45, 2.75) is 19.8 Å². The van der Waals surface area contributed by atoms with Crippen LogP contribution in [0.2, 0.25) is 0 Å². The van der Waals surface area contributed by atoms with Gasteiger partial charge in [-0.1, -0.05) is 6.92 Å². The minimum atomic E-state index is -3.45. The van der Waals surface area contributed by atoms with Crippen LogP contribution in [0.4, 0.5) is 0 Å². The highest BCUT2D eigenvalue weighted by atomic mass is 32.2. The second-order valence-corrected chi connectivity index (χ2v) is 5.63. The van der Waals surface area contributed by atoms with Crippen molar-refractivity contribution >= 4 is 10.2 Å². The highest BCUT2D eigenvalue weighted by Crippen LogP contribution is 2.07. The molecule has 0 amide bonds. The molecule has 0 fully saturated rings. The van der Waals surface area contributed by atoms with Crippen molar-refractivity contribution in [2.75, 3.05) is 39.8 Å². The van der Waals surface area contributed by atoms with Gasteiger partial charge in [-0.25, -0.2) is 0 Å². The van der Waals surface area contributed by atoms with Gasteiger partial charge in [-0.05, 0) is 19.4 Å². The van der Waals surface area contributed by atoms with Gasteiger partial charge in [0.25, 0.3) is 10.2 Å². The van der Waals surface area contributed by atoms with Crippen molar-refractivity contribution in [2.24, 2.45) is 5.73 Å². The first-order valence-corrected chi connectivity index (χ1v) is 6.92. The quantitative estimate of drug-likeness (QED) is 0.564. The fourth-order valence-corrected chi connectivity index (χ4v) is 2.81. The summed E-state index contributed by atoms with van der Waals surface area (Å²) in [5, 5.41) is 8.84. The summed E-state index contributed by atoms with van der Waals surface area (Å²) in [4.78, 5) is 0. The van der Waals surface area contributed by atoms with Crippen LogP contribution in [0.15, 0.2) is 0 Å². The van der Waals surface area contributed by atoms with Crippen LogP contribution >= 0.6 is 0 Å². The van der Waals surface area contributed by atoms with E-state index in [0.29, 0.717) is 26.1 Å². The zero-order valence-electron chi connectivity index (χ0n) is 10.1. The summed E-state index contributed by atoms with van der Waals surface area (Å²) in [5.41, 5.74) is 5.34. The molecule has 7 heteroatoms. The molecule has 0 saturated heterocycles. The molecule has 0 unspecified atom stereocenters. The molecular weight excluding hydrogens is 230 g/mol. The number of hydrogen-bond acceptors (Lipinski definition) is 4. The molecule has 16 heavy (non-hydrogen) atoms. The first-order chi connectivity index (χ1) is 7.50. The number of nitrogens with two attached hydrogens (primary N) is 1. The van der Waals surface area contributed by atoms with E-state index in [1.54, 1.807) is 0 Å². The lowest BCUT2D eigenvalue weighted by Crippen LogP contribution is -2.44. The van der Waals surface area contributed by atoms with Crippen LogP contribution in [0.1, 0.15) is 19.8 Å². The van der Waals surface area contributed by atoms with Crippen LogP contribution in [0.5, 0.6) is 0 Å². The molecule has 0 radical (unpaired) electrons. The Bertz CT molecular complexity index is 263. The van der Waals surface area contributed by atoms with Crippen LogP contribution in [0.25, 0.3) is 0 Å². The van der Waals surface area contributed by atoms with E-state index in [1.807, 2.05) is 6.92 Å². The number of rotatable bonds is 9. The molecule has 0 rings (SSSR count). The Morgan fingerprint density at radius 3 is 2.31 bits per heavy atom. The minimum Gasteiger partial charge on any atom is -0.395 e. The summed E-state index contributed by atoms with van der Waals surface area (Å²) in [6.07, 6.45) is 1.36. The van der Waals surface area contributed by atoms with Crippen molar-refractivity contribution in [3.63, 3.8) is 0 Å². The SMILES string of the molecule is CCCN(CCO)S(=O)(=O)N(C)CCCN. The maximum absolute atomic E-state index is 12.0. The zero-order chi connectivity index (χ0) is 12.6.